The van der Waals surface area contributed by atoms with Crippen molar-refractivity contribution < 1.29 is 8.42 Å². The molecule has 0 aromatic heterocycles. The Balaban J connectivity index is 1.84. The van der Waals surface area contributed by atoms with Gasteiger partial charge in [0.15, 0.2) is 0 Å². The van der Waals surface area contributed by atoms with Gasteiger partial charge < -0.3 is 5.32 Å². The number of sulfonamides is 1. The van der Waals surface area contributed by atoms with E-state index in [1.165, 1.54) is 12.8 Å². The lowest BCUT2D eigenvalue weighted by Gasteiger charge is -2.34. The summed E-state index contributed by atoms with van der Waals surface area (Å²) in [7, 11) is -1.69. The molecule has 2 aliphatic rings. The van der Waals surface area contributed by atoms with Gasteiger partial charge in [0.25, 0.3) is 0 Å². The van der Waals surface area contributed by atoms with Gasteiger partial charge in [-0.05, 0) is 43.9 Å². The Morgan fingerprint density at radius 1 is 1.25 bits per heavy atom. The summed E-state index contributed by atoms with van der Waals surface area (Å²) in [6.07, 6.45) is 4.18. The molecule has 2 atom stereocenters. The minimum Gasteiger partial charge on any atom is -0.311 e. The van der Waals surface area contributed by atoms with Crippen LogP contribution in [0.5, 0.6) is 0 Å². The third kappa shape index (κ3) is 2.66. The number of piperidine rings is 1. The van der Waals surface area contributed by atoms with E-state index in [0.29, 0.717) is 17.0 Å². The Morgan fingerprint density at radius 2 is 1.90 bits per heavy atom. The molecule has 6 heteroatoms. The average Bonchev–Trinajstić information content (AvgIpc) is 2.76. The standard InChI is InChI=1S/C14H19BrN2O2S/c1-17(13-8-11-5-6-12(9-13)16-11)20(18,19)14-4-2-3-10(15)7-14/h2-4,7,11-13,16H,5-6,8-9H2,1H3. The molecule has 2 fully saturated rings. The van der Waals surface area contributed by atoms with Gasteiger partial charge in [-0.3, -0.25) is 0 Å². The lowest BCUT2D eigenvalue weighted by atomic mass is 10.0. The van der Waals surface area contributed by atoms with E-state index in [-0.39, 0.29) is 6.04 Å². The highest BCUT2D eigenvalue weighted by molar-refractivity contribution is 9.10. The van der Waals surface area contributed by atoms with E-state index in [1.807, 2.05) is 6.07 Å². The zero-order valence-corrected chi connectivity index (χ0v) is 13.8. The van der Waals surface area contributed by atoms with E-state index in [0.717, 1.165) is 17.3 Å². The third-order valence-corrected chi connectivity index (χ3v) is 6.83. The molecule has 0 amide bonds. The highest BCUT2D eigenvalue weighted by Gasteiger charge is 2.38. The summed E-state index contributed by atoms with van der Waals surface area (Å²) >= 11 is 3.34. The summed E-state index contributed by atoms with van der Waals surface area (Å²) in [5.41, 5.74) is 0. The maximum Gasteiger partial charge on any atom is 0.243 e. The molecular formula is C14H19BrN2O2S. The fraction of sp³-hybridized carbons (Fsp3) is 0.571. The number of nitrogens with zero attached hydrogens (tertiary/aromatic N) is 1. The van der Waals surface area contributed by atoms with Gasteiger partial charge in [0.05, 0.1) is 4.90 Å². The van der Waals surface area contributed by atoms with Crippen molar-refractivity contribution in [1.82, 2.24) is 9.62 Å². The van der Waals surface area contributed by atoms with Crippen LogP contribution in [0.1, 0.15) is 25.7 Å². The molecule has 2 bridgehead atoms. The van der Waals surface area contributed by atoms with Gasteiger partial charge in [-0.15, -0.1) is 0 Å². The van der Waals surface area contributed by atoms with Crippen molar-refractivity contribution in [2.24, 2.45) is 0 Å². The molecule has 110 valence electrons. The number of fused-ring (bicyclic) bond motifs is 2. The molecule has 4 nitrogen and oxygen atoms in total. The number of nitrogens with one attached hydrogen (secondary N) is 1. The van der Waals surface area contributed by atoms with Crippen LogP contribution in [-0.4, -0.2) is 37.9 Å². The average molecular weight is 359 g/mol. The second-order valence-corrected chi connectivity index (χ2v) is 8.65. The van der Waals surface area contributed by atoms with Crippen LogP contribution >= 0.6 is 15.9 Å². The van der Waals surface area contributed by atoms with Crippen molar-refractivity contribution in [3.8, 4) is 0 Å². The molecule has 3 rings (SSSR count). The highest BCUT2D eigenvalue weighted by Crippen LogP contribution is 2.32. The quantitative estimate of drug-likeness (QED) is 0.902. The number of rotatable bonds is 3. The minimum absolute atomic E-state index is 0.109. The molecule has 2 saturated heterocycles. The lowest BCUT2D eigenvalue weighted by molar-refractivity contribution is 0.251. The van der Waals surface area contributed by atoms with Gasteiger partial charge in [-0.2, -0.15) is 4.31 Å². The molecule has 20 heavy (non-hydrogen) atoms. The van der Waals surface area contributed by atoms with Crippen molar-refractivity contribution in [1.29, 1.82) is 0 Å². The van der Waals surface area contributed by atoms with Crippen molar-refractivity contribution >= 4 is 26.0 Å². The molecule has 0 spiro atoms. The van der Waals surface area contributed by atoms with Crippen LogP contribution < -0.4 is 5.32 Å². The van der Waals surface area contributed by atoms with Gasteiger partial charge in [-0.25, -0.2) is 8.42 Å². The summed E-state index contributed by atoms with van der Waals surface area (Å²) in [5, 5.41) is 3.55. The van der Waals surface area contributed by atoms with Gasteiger partial charge in [0, 0.05) is 29.6 Å². The van der Waals surface area contributed by atoms with E-state index in [9.17, 15) is 8.42 Å². The van der Waals surface area contributed by atoms with E-state index in [1.54, 1.807) is 29.6 Å². The Kier molecular flexibility index (Phi) is 3.92. The third-order valence-electron chi connectivity index (χ3n) is 4.44. The summed E-state index contributed by atoms with van der Waals surface area (Å²) in [4.78, 5) is 0.361. The van der Waals surface area contributed by atoms with Crippen LogP contribution in [0.4, 0.5) is 0 Å². The first-order chi connectivity index (χ1) is 9.46. The first kappa shape index (κ1) is 14.5. The first-order valence-electron chi connectivity index (χ1n) is 6.96. The number of hydrogen-bond acceptors (Lipinski definition) is 3. The van der Waals surface area contributed by atoms with Gasteiger partial charge >= 0.3 is 0 Å². The maximum absolute atomic E-state index is 12.7. The maximum atomic E-state index is 12.7. The SMILES string of the molecule is CN(C1CC2CCC(C1)N2)S(=O)(=O)c1cccc(Br)c1. The van der Waals surface area contributed by atoms with E-state index < -0.39 is 10.0 Å². The fourth-order valence-corrected chi connectivity index (χ4v) is 5.29. The molecule has 1 N–H and O–H groups in total. The normalized spacial score (nSPS) is 29.9. The predicted molar refractivity (Wildman–Crippen MR) is 82.1 cm³/mol. The predicted octanol–water partition coefficient (Wildman–Crippen LogP) is 2.35. The first-order valence-corrected chi connectivity index (χ1v) is 9.20. The van der Waals surface area contributed by atoms with E-state index >= 15 is 0 Å². The molecule has 1 aromatic rings. The topological polar surface area (TPSA) is 49.4 Å². The number of benzene rings is 1. The van der Waals surface area contributed by atoms with Crippen LogP contribution in [0, 0.1) is 0 Å². The van der Waals surface area contributed by atoms with Crippen molar-refractivity contribution in [3.05, 3.63) is 28.7 Å². The van der Waals surface area contributed by atoms with Crippen molar-refractivity contribution in [3.63, 3.8) is 0 Å². The summed E-state index contributed by atoms with van der Waals surface area (Å²) in [5.74, 6) is 0. The van der Waals surface area contributed by atoms with Crippen molar-refractivity contribution in [2.75, 3.05) is 7.05 Å². The summed E-state index contributed by atoms with van der Waals surface area (Å²) < 4.78 is 27.8. The summed E-state index contributed by atoms with van der Waals surface area (Å²) in [6.45, 7) is 0. The fourth-order valence-electron chi connectivity index (χ4n) is 3.31. The molecule has 1 aromatic carbocycles. The van der Waals surface area contributed by atoms with E-state index in [2.05, 4.69) is 21.2 Å². The molecule has 0 saturated carbocycles. The van der Waals surface area contributed by atoms with Gasteiger partial charge in [0.1, 0.15) is 0 Å². The zero-order chi connectivity index (χ0) is 14.3. The molecule has 0 radical (unpaired) electrons. The largest absolute Gasteiger partial charge is 0.311 e. The second-order valence-electron chi connectivity index (χ2n) is 5.74. The Labute approximate surface area is 128 Å². The monoisotopic (exact) mass is 358 g/mol. The highest BCUT2D eigenvalue weighted by atomic mass is 79.9. The van der Waals surface area contributed by atoms with Crippen LogP contribution in [-0.2, 0) is 10.0 Å². The molecule has 2 unspecified atom stereocenters. The zero-order valence-electron chi connectivity index (χ0n) is 11.4. The number of hydrogen-bond donors (Lipinski definition) is 1. The van der Waals surface area contributed by atoms with Crippen LogP contribution in [0.2, 0.25) is 0 Å². The van der Waals surface area contributed by atoms with Crippen molar-refractivity contribution in [2.45, 2.75) is 48.7 Å². The van der Waals surface area contributed by atoms with Gasteiger partial charge in [-0.1, -0.05) is 22.0 Å². The second kappa shape index (κ2) is 5.40. The minimum atomic E-state index is -3.40. The number of halogens is 1. The Morgan fingerprint density at radius 3 is 2.50 bits per heavy atom. The molecule has 0 aliphatic carbocycles. The summed E-state index contributed by atoms with van der Waals surface area (Å²) in [6, 6.07) is 8.00. The molecule has 2 aliphatic heterocycles. The Hall–Kier alpha value is -0.430. The lowest BCUT2D eigenvalue weighted by Crippen LogP contribution is -2.48. The van der Waals surface area contributed by atoms with Crippen LogP contribution in [0.25, 0.3) is 0 Å². The van der Waals surface area contributed by atoms with E-state index in [4.69, 9.17) is 0 Å². The smallest absolute Gasteiger partial charge is 0.243 e. The molecular weight excluding hydrogens is 340 g/mol. The van der Waals surface area contributed by atoms with Crippen LogP contribution in [0.3, 0.4) is 0 Å². The molecule has 2 heterocycles. The van der Waals surface area contributed by atoms with Crippen LogP contribution in [0.15, 0.2) is 33.6 Å². The Bertz CT molecular complexity index is 593. The van der Waals surface area contributed by atoms with Gasteiger partial charge in [0.2, 0.25) is 10.0 Å².